The van der Waals surface area contributed by atoms with Crippen LogP contribution in [0, 0.1) is 0 Å². The molecule has 0 unspecified atom stereocenters. The Morgan fingerprint density at radius 1 is 0.938 bits per heavy atom. The molecule has 2 atom stereocenters. The molecule has 0 amide bonds. The molecule has 0 N–H and O–H groups in total. The summed E-state index contributed by atoms with van der Waals surface area (Å²) in [6.45, 7) is 0. The Morgan fingerprint density at radius 2 is 1.56 bits per heavy atom. The van der Waals surface area contributed by atoms with Crippen LogP contribution in [0.3, 0.4) is 0 Å². The summed E-state index contributed by atoms with van der Waals surface area (Å²) in [7, 11) is 7.02. The third-order valence-corrected chi connectivity index (χ3v) is 3.95. The molecule has 1 aliphatic rings. The first kappa shape index (κ1) is 11.7. The zero-order chi connectivity index (χ0) is 11.6. The lowest BCUT2D eigenvalue weighted by molar-refractivity contribution is -0.899. The zero-order valence-corrected chi connectivity index (χ0v) is 10.8. The van der Waals surface area contributed by atoms with Gasteiger partial charge in [0.15, 0.2) is 0 Å². The van der Waals surface area contributed by atoms with Gasteiger partial charge in [-0.05, 0) is 18.4 Å². The summed E-state index contributed by atoms with van der Waals surface area (Å²) in [6, 6.07) is 11.9. The van der Waals surface area contributed by atoms with Crippen molar-refractivity contribution >= 4 is 0 Å². The SMILES string of the molecule is C[N+](C)(C)[C@H]1CCCC[C@H]1c1ccccc1. The van der Waals surface area contributed by atoms with E-state index in [9.17, 15) is 0 Å². The van der Waals surface area contributed by atoms with E-state index in [1.807, 2.05) is 0 Å². The standard InChI is InChI=1S/C15H24N/c1-16(2,3)15-12-8-7-11-14(15)13-9-5-4-6-10-13/h4-6,9-10,14-15H,7-8,11-12H2,1-3H3/q+1/t14-,15-/m0/s1. The molecule has 0 radical (unpaired) electrons. The van der Waals surface area contributed by atoms with Crippen LogP contribution >= 0.6 is 0 Å². The number of benzene rings is 1. The van der Waals surface area contributed by atoms with Crippen molar-refractivity contribution in [3.63, 3.8) is 0 Å². The zero-order valence-electron chi connectivity index (χ0n) is 10.8. The Morgan fingerprint density at radius 3 is 2.19 bits per heavy atom. The van der Waals surface area contributed by atoms with E-state index in [1.54, 1.807) is 5.56 Å². The molecule has 1 aromatic carbocycles. The molecule has 0 bridgehead atoms. The van der Waals surface area contributed by atoms with Gasteiger partial charge in [-0.3, -0.25) is 0 Å². The van der Waals surface area contributed by atoms with Gasteiger partial charge in [0.1, 0.15) is 0 Å². The molecule has 0 spiro atoms. The normalized spacial score (nSPS) is 26.7. The first-order chi connectivity index (χ1) is 7.59. The van der Waals surface area contributed by atoms with Crippen LogP contribution in [0.25, 0.3) is 0 Å². The molecule has 0 heterocycles. The molecular weight excluding hydrogens is 194 g/mol. The van der Waals surface area contributed by atoms with Gasteiger partial charge in [0, 0.05) is 12.3 Å². The van der Waals surface area contributed by atoms with Crippen molar-refractivity contribution in [2.24, 2.45) is 0 Å². The van der Waals surface area contributed by atoms with Gasteiger partial charge in [-0.15, -0.1) is 0 Å². The van der Waals surface area contributed by atoms with Crippen LogP contribution in [-0.4, -0.2) is 31.7 Å². The van der Waals surface area contributed by atoms with Gasteiger partial charge in [0.2, 0.25) is 0 Å². The molecule has 2 rings (SSSR count). The van der Waals surface area contributed by atoms with Crippen LogP contribution < -0.4 is 0 Å². The second kappa shape index (κ2) is 4.58. The number of hydrogen-bond acceptors (Lipinski definition) is 0. The third-order valence-electron chi connectivity index (χ3n) is 3.95. The highest BCUT2D eigenvalue weighted by atomic mass is 15.3. The van der Waals surface area contributed by atoms with Crippen molar-refractivity contribution < 1.29 is 4.48 Å². The Kier molecular flexibility index (Phi) is 3.34. The summed E-state index contributed by atoms with van der Waals surface area (Å²) >= 11 is 0. The van der Waals surface area contributed by atoms with Crippen LogP contribution in [-0.2, 0) is 0 Å². The van der Waals surface area contributed by atoms with Gasteiger partial charge in [-0.1, -0.05) is 36.8 Å². The monoisotopic (exact) mass is 218 g/mol. The summed E-state index contributed by atoms with van der Waals surface area (Å²) in [4.78, 5) is 0. The van der Waals surface area contributed by atoms with Crippen molar-refractivity contribution in [3.8, 4) is 0 Å². The summed E-state index contributed by atoms with van der Waals surface area (Å²) < 4.78 is 1.10. The third kappa shape index (κ3) is 2.46. The Hall–Kier alpha value is -0.820. The predicted octanol–water partition coefficient (Wildman–Crippen LogP) is 3.42. The van der Waals surface area contributed by atoms with E-state index in [1.165, 1.54) is 25.7 Å². The minimum absolute atomic E-state index is 0.759. The van der Waals surface area contributed by atoms with Crippen molar-refractivity contribution in [1.29, 1.82) is 0 Å². The smallest absolute Gasteiger partial charge is 0.0953 e. The van der Waals surface area contributed by atoms with Crippen LogP contribution in [0.2, 0.25) is 0 Å². The van der Waals surface area contributed by atoms with Gasteiger partial charge >= 0.3 is 0 Å². The first-order valence-electron chi connectivity index (χ1n) is 6.45. The van der Waals surface area contributed by atoms with Crippen molar-refractivity contribution in [3.05, 3.63) is 35.9 Å². The van der Waals surface area contributed by atoms with Gasteiger partial charge in [0.05, 0.1) is 27.2 Å². The first-order valence-corrected chi connectivity index (χ1v) is 6.45. The molecule has 0 saturated heterocycles. The average molecular weight is 218 g/mol. The molecule has 1 aliphatic carbocycles. The largest absolute Gasteiger partial charge is 0.328 e. The maximum absolute atomic E-state index is 2.34. The summed E-state index contributed by atoms with van der Waals surface area (Å²) in [5, 5.41) is 0. The summed E-state index contributed by atoms with van der Waals surface area (Å²) in [5.41, 5.74) is 1.54. The fourth-order valence-corrected chi connectivity index (χ4v) is 3.13. The second-order valence-corrected chi connectivity index (χ2v) is 5.99. The minimum atomic E-state index is 0.759. The van der Waals surface area contributed by atoms with Gasteiger partial charge < -0.3 is 4.48 Å². The van der Waals surface area contributed by atoms with Crippen molar-refractivity contribution in [2.45, 2.75) is 37.6 Å². The topological polar surface area (TPSA) is 0 Å². The summed E-state index contributed by atoms with van der Waals surface area (Å²) in [6.07, 6.45) is 5.55. The Labute approximate surface area is 99.7 Å². The lowest BCUT2D eigenvalue weighted by Gasteiger charge is -2.42. The lowest BCUT2D eigenvalue weighted by Crippen LogP contribution is -2.49. The number of nitrogens with zero attached hydrogens (tertiary/aromatic N) is 1. The molecular formula is C15H24N+. The molecule has 88 valence electrons. The second-order valence-electron chi connectivity index (χ2n) is 5.99. The molecule has 0 aromatic heterocycles. The summed E-state index contributed by atoms with van der Waals surface area (Å²) in [5.74, 6) is 0.759. The highest BCUT2D eigenvalue weighted by Gasteiger charge is 2.35. The van der Waals surface area contributed by atoms with E-state index in [0.717, 1.165) is 16.4 Å². The number of quaternary nitrogens is 1. The molecule has 16 heavy (non-hydrogen) atoms. The Bertz CT molecular complexity index is 323. The maximum Gasteiger partial charge on any atom is 0.0953 e. The Balaban J connectivity index is 2.24. The van der Waals surface area contributed by atoms with E-state index >= 15 is 0 Å². The van der Waals surface area contributed by atoms with Gasteiger partial charge in [-0.25, -0.2) is 0 Å². The number of likely N-dealkylation sites (N-methyl/N-ethyl adjacent to an activating group) is 1. The van der Waals surface area contributed by atoms with Crippen LogP contribution in [0.5, 0.6) is 0 Å². The molecule has 0 aliphatic heterocycles. The highest BCUT2D eigenvalue weighted by Crippen LogP contribution is 2.37. The van der Waals surface area contributed by atoms with Crippen molar-refractivity contribution in [1.82, 2.24) is 0 Å². The van der Waals surface area contributed by atoms with Crippen molar-refractivity contribution in [2.75, 3.05) is 21.1 Å². The molecule has 1 nitrogen and oxygen atoms in total. The van der Waals surface area contributed by atoms with E-state index in [-0.39, 0.29) is 0 Å². The molecule has 1 saturated carbocycles. The van der Waals surface area contributed by atoms with Gasteiger partial charge in [-0.2, -0.15) is 0 Å². The van der Waals surface area contributed by atoms with Crippen LogP contribution in [0.4, 0.5) is 0 Å². The van der Waals surface area contributed by atoms with E-state index in [0.29, 0.717) is 0 Å². The van der Waals surface area contributed by atoms with E-state index in [2.05, 4.69) is 51.5 Å². The number of hydrogen-bond donors (Lipinski definition) is 0. The quantitative estimate of drug-likeness (QED) is 0.667. The predicted molar refractivity (Wildman–Crippen MR) is 69.5 cm³/mol. The fraction of sp³-hybridized carbons (Fsp3) is 0.600. The van der Waals surface area contributed by atoms with Crippen LogP contribution in [0.1, 0.15) is 37.2 Å². The fourth-order valence-electron chi connectivity index (χ4n) is 3.13. The molecule has 1 fully saturated rings. The maximum atomic E-state index is 2.34. The van der Waals surface area contributed by atoms with E-state index in [4.69, 9.17) is 0 Å². The number of rotatable bonds is 2. The molecule has 1 heteroatoms. The lowest BCUT2D eigenvalue weighted by atomic mass is 9.78. The van der Waals surface area contributed by atoms with Crippen LogP contribution in [0.15, 0.2) is 30.3 Å². The molecule has 1 aromatic rings. The van der Waals surface area contributed by atoms with Gasteiger partial charge in [0.25, 0.3) is 0 Å². The average Bonchev–Trinajstić information content (AvgIpc) is 2.29. The van der Waals surface area contributed by atoms with E-state index < -0.39 is 0 Å². The minimum Gasteiger partial charge on any atom is -0.328 e. The highest BCUT2D eigenvalue weighted by molar-refractivity contribution is 5.21.